The number of hydrogen-bond acceptors (Lipinski definition) is 1. The van der Waals surface area contributed by atoms with Crippen LogP contribution in [0.15, 0.2) is 0 Å². The van der Waals surface area contributed by atoms with Gasteiger partial charge in [-0.05, 0) is 12.5 Å². The average Bonchev–Trinajstić information content (AvgIpc) is 2.14. The van der Waals surface area contributed by atoms with Crippen LogP contribution in [0.5, 0.6) is 0 Å². The van der Waals surface area contributed by atoms with Crippen LogP contribution in [0.3, 0.4) is 0 Å². The van der Waals surface area contributed by atoms with Crippen molar-refractivity contribution in [2.45, 2.75) is 13.2 Å². The molecule has 0 aliphatic rings. The number of aromatic nitrogens is 2. The van der Waals surface area contributed by atoms with Gasteiger partial charge in [-0.25, -0.2) is 0 Å². The van der Waals surface area contributed by atoms with Gasteiger partial charge in [-0.3, -0.25) is 4.68 Å². The molecule has 0 saturated carbocycles. The molecule has 0 atom stereocenters. The molecule has 0 unspecified atom stereocenters. The molecule has 0 aromatic carbocycles. The molecule has 0 aliphatic carbocycles. The van der Waals surface area contributed by atoms with Crippen molar-refractivity contribution in [1.82, 2.24) is 9.78 Å². The van der Waals surface area contributed by atoms with Gasteiger partial charge in [-0.15, -0.1) is 0 Å². The minimum atomic E-state index is -4.84. The molecule has 1 aromatic rings. The summed E-state index contributed by atoms with van der Waals surface area (Å²) in [6.45, 7) is -3.33. The largest absolute Gasteiger partial charge is 1.00 e. The number of hydrogen-bond donors (Lipinski definition) is 0. The first-order chi connectivity index (χ1) is 5.81. The van der Waals surface area contributed by atoms with Gasteiger partial charge < -0.3 is 12.9 Å². The van der Waals surface area contributed by atoms with Crippen LogP contribution < -0.4 is 51.4 Å². The molecular formula is C6H8BClF3KN2. The molecule has 0 aliphatic heterocycles. The maximum atomic E-state index is 12.1. The Morgan fingerprint density at radius 3 is 2.21 bits per heavy atom. The molecule has 0 bridgehead atoms. The van der Waals surface area contributed by atoms with Crippen LogP contribution >= 0.6 is 11.6 Å². The number of aryl methyl sites for hydroxylation is 2. The van der Waals surface area contributed by atoms with Crippen molar-refractivity contribution in [1.29, 1.82) is 0 Å². The summed E-state index contributed by atoms with van der Waals surface area (Å²) in [5, 5.41) is 3.86. The van der Waals surface area contributed by atoms with Crippen LogP contribution in [-0.4, -0.2) is 16.8 Å². The van der Waals surface area contributed by atoms with Gasteiger partial charge in [0.05, 0.1) is 5.69 Å². The van der Waals surface area contributed by atoms with E-state index >= 15 is 0 Å². The van der Waals surface area contributed by atoms with E-state index in [0.717, 1.165) is 0 Å². The Bertz CT molecular complexity index is 326. The van der Waals surface area contributed by atoms with Crippen LogP contribution in [0.25, 0.3) is 0 Å². The zero-order valence-electron chi connectivity index (χ0n) is 8.19. The Morgan fingerprint density at radius 2 is 1.93 bits per heavy atom. The molecule has 1 heterocycles. The Labute approximate surface area is 128 Å². The fraction of sp³-hybridized carbons (Fsp3) is 0.500. The Balaban J connectivity index is 0.00000169. The van der Waals surface area contributed by atoms with Gasteiger partial charge in [0.15, 0.2) is 0 Å². The topological polar surface area (TPSA) is 17.8 Å². The van der Waals surface area contributed by atoms with E-state index in [2.05, 4.69) is 5.10 Å². The molecule has 0 radical (unpaired) electrons. The molecule has 0 fully saturated rings. The fourth-order valence-electron chi connectivity index (χ4n) is 1.14. The maximum Gasteiger partial charge on any atom is 1.00 e. The fourth-order valence-corrected chi connectivity index (χ4v) is 1.39. The molecular weight excluding hydrogens is 242 g/mol. The van der Waals surface area contributed by atoms with E-state index < -0.39 is 13.3 Å². The van der Waals surface area contributed by atoms with E-state index in [4.69, 9.17) is 11.6 Å². The standard InChI is InChI=1S/C6H8BClF3N2.K/c1-4-5(3-7(9,10)11)6(8)13(2)12-4;/h3H2,1-2H3;/q-1;+1. The molecule has 8 heteroatoms. The van der Waals surface area contributed by atoms with Crippen LogP contribution in [0.1, 0.15) is 11.3 Å². The predicted molar refractivity (Wildman–Crippen MR) is 45.7 cm³/mol. The number of nitrogens with zero attached hydrogens (tertiary/aromatic N) is 2. The molecule has 0 spiro atoms. The van der Waals surface area contributed by atoms with Gasteiger partial charge in [-0.1, -0.05) is 17.9 Å². The van der Waals surface area contributed by atoms with Crippen molar-refractivity contribution in [3.05, 3.63) is 16.4 Å². The van der Waals surface area contributed by atoms with Crippen molar-refractivity contribution in [3.63, 3.8) is 0 Å². The second-order valence-electron chi connectivity index (χ2n) is 2.89. The van der Waals surface area contributed by atoms with Crippen molar-refractivity contribution in [2.75, 3.05) is 0 Å². The summed E-state index contributed by atoms with van der Waals surface area (Å²) in [6, 6.07) is 0. The van der Waals surface area contributed by atoms with E-state index in [-0.39, 0.29) is 62.1 Å². The quantitative estimate of drug-likeness (QED) is 0.636. The molecule has 74 valence electrons. The first kappa shape index (κ1) is 15.0. The molecule has 14 heavy (non-hydrogen) atoms. The minimum Gasteiger partial charge on any atom is -0.449 e. The summed E-state index contributed by atoms with van der Waals surface area (Å²) >= 11 is 5.63. The third-order valence-electron chi connectivity index (χ3n) is 1.71. The first-order valence-electron chi connectivity index (χ1n) is 3.70. The van der Waals surface area contributed by atoms with Crippen molar-refractivity contribution in [3.8, 4) is 0 Å². The van der Waals surface area contributed by atoms with E-state index in [1.807, 2.05) is 0 Å². The normalized spacial score (nSPS) is 11.3. The third-order valence-corrected chi connectivity index (χ3v) is 2.18. The molecule has 0 saturated heterocycles. The SMILES string of the molecule is Cc1nn(C)c(Cl)c1C[B-](F)(F)F.[K+]. The van der Waals surface area contributed by atoms with Gasteiger partial charge in [-0.2, -0.15) is 5.10 Å². The third kappa shape index (κ3) is 3.86. The number of rotatable bonds is 2. The van der Waals surface area contributed by atoms with Crippen LogP contribution in [0, 0.1) is 6.92 Å². The zero-order chi connectivity index (χ0) is 10.2. The monoisotopic (exact) mass is 250 g/mol. The van der Waals surface area contributed by atoms with Crippen molar-refractivity contribution >= 4 is 18.6 Å². The molecule has 1 aromatic heterocycles. The van der Waals surface area contributed by atoms with Crippen molar-refractivity contribution < 1.29 is 64.3 Å². The van der Waals surface area contributed by atoms with Gasteiger partial charge in [0.25, 0.3) is 0 Å². The summed E-state index contributed by atoms with van der Waals surface area (Å²) in [5.74, 6) is 0. The van der Waals surface area contributed by atoms with Gasteiger partial charge in [0.2, 0.25) is 0 Å². The van der Waals surface area contributed by atoms with Crippen molar-refractivity contribution in [2.24, 2.45) is 7.05 Å². The first-order valence-corrected chi connectivity index (χ1v) is 4.08. The van der Waals surface area contributed by atoms with Crippen LogP contribution in [0.2, 0.25) is 5.15 Å². The Kier molecular flexibility index (Phi) is 5.74. The van der Waals surface area contributed by atoms with E-state index in [1.165, 1.54) is 18.7 Å². The minimum absolute atomic E-state index is 0. The summed E-state index contributed by atoms with van der Waals surface area (Å²) in [5.41, 5.74) is 0.420. The second kappa shape index (κ2) is 5.36. The van der Waals surface area contributed by atoms with Gasteiger partial charge in [0, 0.05) is 7.05 Å². The maximum absolute atomic E-state index is 12.1. The molecule has 1 rings (SSSR count). The van der Waals surface area contributed by atoms with Crippen LogP contribution in [-0.2, 0) is 13.4 Å². The second-order valence-corrected chi connectivity index (χ2v) is 3.25. The smallest absolute Gasteiger partial charge is 0.449 e. The molecule has 2 nitrogen and oxygen atoms in total. The summed E-state index contributed by atoms with van der Waals surface area (Å²) in [4.78, 5) is 0. The van der Waals surface area contributed by atoms with E-state index in [9.17, 15) is 12.9 Å². The van der Waals surface area contributed by atoms with E-state index in [1.54, 1.807) is 0 Å². The molecule has 0 amide bonds. The summed E-state index contributed by atoms with van der Waals surface area (Å²) < 4.78 is 37.5. The predicted octanol–water partition coefficient (Wildman–Crippen LogP) is -0.685. The zero-order valence-corrected chi connectivity index (χ0v) is 12.1. The summed E-state index contributed by atoms with van der Waals surface area (Å²) in [7, 11) is 1.52. The Morgan fingerprint density at radius 1 is 1.43 bits per heavy atom. The van der Waals surface area contributed by atoms with Gasteiger partial charge in [0.1, 0.15) is 5.15 Å². The molecule has 0 N–H and O–H groups in total. The summed E-state index contributed by atoms with van der Waals surface area (Å²) in [6.07, 6.45) is -0.960. The van der Waals surface area contributed by atoms with E-state index in [0.29, 0.717) is 5.69 Å². The van der Waals surface area contributed by atoms with Gasteiger partial charge >= 0.3 is 58.4 Å². The number of halogens is 4. The Hall–Kier alpha value is 0.991. The van der Waals surface area contributed by atoms with Crippen LogP contribution in [0.4, 0.5) is 12.9 Å². The average molecular weight is 251 g/mol.